The van der Waals surface area contributed by atoms with Gasteiger partial charge in [-0.2, -0.15) is 0 Å². The summed E-state index contributed by atoms with van der Waals surface area (Å²) in [6.07, 6.45) is 0.438. The van der Waals surface area contributed by atoms with Gasteiger partial charge in [0.25, 0.3) is 0 Å². The molecule has 2 aliphatic heterocycles. The van der Waals surface area contributed by atoms with Crippen molar-refractivity contribution in [3.05, 3.63) is 48.6 Å². The number of rotatable bonds is 5. The number of carbonyl (C=O) groups excluding carboxylic acids is 1. The van der Waals surface area contributed by atoms with Gasteiger partial charge in [-0.1, -0.05) is 36.9 Å². The lowest BCUT2D eigenvalue weighted by molar-refractivity contribution is -0.241. The van der Waals surface area contributed by atoms with E-state index in [0.717, 1.165) is 11.8 Å². The molecule has 0 N–H and O–H groups in total. The number of fused-ring (bicyclic) bond motifs is 1. The number of aldehydes is 1. The molecule has 0 amide bonds. The Bertz CT molecular complexity index is 555. The number of benzene rings is 1. The number of carbonyl (C=O) groups is 1. The van der Waals surface area contributed by atoms with Crippen LogP contribution in [0.1, 0.15) is 19.4 Å². The zero-order valence-electron chi connectivity index (χ0n) is 12.7. The summed E-state index contributed by atoms with van der Waals surface area (Å²) in [6.45, 7) is 7.72. The first-order chi connectivity index (χ1) is 10.5. The molecule has 4 atom stereocenters. The van der Waals surface area contributed by atoms with Crippen molar-refractivity contribution in [1.82, 2.24) is 0 Å². The third-order valence-electron chi connectivity index (χ3n) is 3.86. The molecule has 2 fully saturated rings. The van der Waals surface area contributed by atoms with Crippen molar-refractivity contribution < 1.29 is 23.7 Å². The quantitative estimate of drug-likeness (QED) is 0.616. The third-order valence-corrected chi connectivity index (χ3v) is 3.86. The summed E-state index contributed by atoms with van der Waals surface area (Å²) in [6, 6.07) is 9.74. The predicted octanol–water partition coefficient (Wildman–Crippen LogP) is 2.20. The van der Waals surface area contributed by atoms with E-state index in [4.69, 9.17) is 18.9 Å². The van der Waals surface area contributed by atoms with Crippen LogP contribution in [0.3, 0.4) is 0 Å². The summed E-state index contributed by atoms with van der Waals surface area (Å²) in [5.41, 5.74) is 1.02. The van der Waals surface area contributed by atoms with E-state index in [-0.39, 0.29) is 0 Å². The molecule has 5 heteroatoms. The van der Waals surface area contributed by atoms with Crippen molar-refractivity contribution in [2.75, 3.05) is 0 Å². The largest absolute Gasteiger partial charge is 0.367 e. The fourth-order valence-electron chi connectivity index (χ4n) is 2.95. The normalized spacial score (nSPS) is 36.0. The van der Waals surface area contributed by atoms with E-state index in [0.29, 0.717) is 6.61 Å². The van der Waals surface area contributed by atoms with Crippen LogP contribution >= 0.6 is 0 Å². The zero-order chi connectivity index (χ0) is 15.8. The SMILES string of the molecule is C=C[C@@]12O[C@@H](C=O)[C@@H](OCc3ccccc3)[C@@H]1OC(C)(C)O2. The second-order valence-corrected chi connectivity index (χ2v) is 5.95. The van der Waals surface area contributed by atoms with E-state index in [9.17, 15) is 4.79 Å². The highest BCUT2D eigenvalue weighted by molar-refractivity contribution is 5.58. The highest BCUT2D eigenvalue weighted by atomic mass is 16.9. The van der Waals surface area contributed by atoms with Crippen molar-refractivity contribution in [2.24, 2.45) is 0 Å². The standard InChI is InChI=1S/C17H20O5/c1-4-17-15(21-16(2,3)22-17)14(13(10-18)20-17)19-11-12-8-6-5-7-9-12/h4-10,13-15H,1,11H2,2-3H3/t13-,14+,15-,17-/m0/s1. The molecule has 0 bridgehead atoms. The molecule has 2 heterocycles. The molecule has 1 aromatic rings. The summed E-state index contributed by atoms with van der Waals surface area (Å²) in [5.74, 6) is -1.96. The Balaban J connectivity index is 1.79. The monoisotopic (exact) mass is 304 g/mol. The van der Waals surface area contributed by atoms with Crippen LogP contribution < -0.4 is 0 Å². The van der Waals surface area contributed by atoms with Gasteiger partial charge in [-0.15, -0.1) is 0 Å². The zero-order valence-corrected chi connectivity index (χ0v) is 12.7. The van der Waals surface area contributed by atoms with Crippen LogP contribution in [-0.4, -0.2) is 36.2 Å². The molecule has 118 valence electrons. The summed E-state index contributed by atoms with van der Waals surface area (Å²) < 4.78 is 23.4. The molecule has 0 aliphatic carbocycles. The minimum absolute atomic E-state index is 0.368. The average molecular weight is 304 g/mol. The van der Waals surface area contributed by atoms with Gasteiger partial charge in [0.1, 0.15) is 18.3 Å². The fraction of sp³-hybridized carbons (Fsp3) is 0.471. The maximum Gasteiger partial charge on any atom is 0.220 e. The van der Waals surface area contributed by atoms with Crippen LogP contribution in [0.2, 0.25) is 0 Å². The van der Waals surface area contributed by atoms with E-state index in [1.165, 1.54) is 6.08 Å². The lowest BCUT2D eigenvalue weighted by Gasteiger charge is -2.24. The maximum atomic E-state index is 11.3. The van der Waals surface area contributed by atoms with E-state index >= 15 is 0 Å². The van der Waals surface area contributed by atoms with Gasteiger partial charge in [-0.3, -0.25) is 0 Å². The van der Waals surface area contributed by atoms with Crippen LogP contribution in [0.15, 0.2) is 43.0 Å². The maximum absolute atomic E-state index is 11.3. The van der Waals surface area contributed by atoms with Crippen molar-refractivity contribution in [2.45, 2.75) is 50.3 Å². The van der Waals surface area contributed by atoms with Crippen LogP contribution in [0, 0.1) is 0 Å². The van der Waals surface area contributed by atoms with Gasteiger partial charge < -0.3 is 23.7 Å². The van der Waals surface area contributed by atoms with Gasteiger partial charge >= 0.3 is 0 Å². The second kappa shape index (κ2) is 5.59. The number of hydrogen-bond acceptors (Lipinski definition) is 5. The van der Waals surface area contributed by atoms with Crippen molar-refractivity contribution in [3.63, 3.8) is 0 Å². The van der Waals surface area contributed by atoms with Crippen molar-refractivity contribution in [3.8, 4) is 0 Å². The first-order valence-corrected chi connectivity index (χ1v) is 7.30. The summed E-state index contributed by atoms with van der Waals surface area (Å²) >= 11 is 0. The minimum Gasteiger partial charge on any atom is -0.367 e. The van der Waals surface area contributed by atoms with E-state index < -0.39 is 29.9 Å². The van der Waals surface area contributed by atoms with Gasteiger partial charge in [0.05, 0.1) is 6.61 Å². The van der Waals surface area contributed by atoms with Crippen LogP contribution in [-0.2, 0) is 30.3 Å². The van der Waals surface area contributed by atoms with E-state index in [1.807, 2.05) is 30.3 Å². The molecule has 0 radical (unpaired) electrons. The Morgan fingerprint density at radius 2 is 2.00 bits per heavy atom. The Hall–Kier alpha value is -1.53. The predicted molar refractivity (Wildman–Crippen MR) is 78.9 cm³/mol. The van der Waals surface area contributed by atoms with Crippen LogP contribution in [0.25, 0.3) is 0 Å². The van der Waals surface area contributed by atoms with Gasteiger partial charge in [0, 0.05) is 0 Å². The molecule has 1 aromatic carbocycles. The van der Waals surface area contributed by atoms with Crippen LogP contribution in [0.4, 0.5) is 0 Å². The molecule has 5 nitrogen and oxygen atoms in total. The Kier molecular flexibility index (Phi) is 3.91. The Morgan fingerprint density at radius 1 is 1.27 bits per heavy atom. The topological polar surface area (TPSA) is 54.0 Å². The number of hydrogen-bond donors (Lipinski definition) is 0. The fourth-order valence-corrected chi connectivity index (χ4v) is 2.95. The number of ether oxygens (including phenoxy) is 4. The molecular formula is C17H20O5. The first-order valence-electron chi connectivity index (χ1n) is 7.30. The van der Waals surface area contributed by atoms with Crippen LogP contribution in [0.5, 0.6) is 0 Å². The van der Waals surface area contributed by atoms with Crippen molar-refractivity contribution >= 4 is 6.29 Å². The molecule has 0 saturated carbocycles. The average Bonchev–Trinajstić information content (AvgIpc) is 2.93. The highest BCUT2D eigenvalue weighted by Crippen LogP contribution is 2.46. The van der Waals surface area contributed by atoms with Crippen molar-refractivity contribution in [1.29, 1.82) is 0 Å². The molecule has 3 rings (SSSR count). The molecule has 22 heavy (non-hydrogen) atoms. The lowest BCUT2D eigenvalue weighted by Crippen LogP contribution is -2.40. The third kappa shape index (κ3) is 2.61. The van der Waals surface area contributed by atoms with Gasteiger partial charge in [0.2, 0.25) is 5.79 Å². The molecule has 0 aromatic heterocycles. The summed E-state index contributed by atoms with van der Waals surface area (Å²) in [7, 11) is 0. The first kappa shape index (κ1) is 15.4. The van der Waals surface area contributed by atoms with E-state index in [1.54, 1.807) is 13.8 Å². The summed E-state index contributed by atoms with van der Waals surface area (Å²) in [4.78, 5) is 11.3. The highest BCUT2D eigenvalue weighted by Gasteiger charge is 2.64. The Labute approximate surface area is 129 Å². The minimum atomic E-state index is -1.14. The molecule has 2 aliphatic rings. The molecule has 0 unspecified atom stereocenters. The van der Waals surface area contributed by atoms with Gasteiger partial charge in [0.15, 0.2) is 12.1 Å². The molecular weight excluding hydrogens is 284 g/mol. The second-order valence-electron chi connectivity index (χ2n) is 5.95. The molecule has 0 spiro atoms. The molecule has 2 saturated heterocycles. The van der Waals surface area contributed by atoms with E-state index in [2.05, 4.69) is 6.58 Å². The Morgan fingerprint density at radius 3 is 2.64 bits per heavy atom. The smallest absolute Gasteiger partial charge is 0.220 e. The van der Waals surface area contributed by atoms with Gasteiger partial charge in [-0.05, 0) is 25.5 Å². The lowest BCUT2D eigenvalue weighted by atomic mass is 10.1. The summed E-state index contributed by atoms with van der Waals surface area (Å²) in [5, 5.41) is 0. The van der Waals surface area contributed by atoms with Gasteiger partial charge in [-0.25, -0.2) is 0 Å².